The maximum atomic E-state index is 11.3. The monoisotopic (exact) mass is 352 g/mol. The second-order valence-corrected chi connectivity index (χ2v) is 6.71. The molecule has 0 saturated heterocycles. The summed E-state index contributed by atoms with van der Waals surface area (Å²) in [4.78, 5) is 16.0. The molecule has 6 heteroatoms. The van der Waals surface area contributed by atoms with E-state index >= 15 is 0 Å². The Balaban J connectivity index is 1.86. The molecule has 0 amide bonds. The summed E-state index contributed by atoms with van der Waals surface area (Å²) in [6.45, 7) is 0. The minimum absolute atomic E-state index is 0.0402. The first-order chi connectivity index (χ1) is 12.2. The van der Waals surface area contributed by atoms with Crippen LogP contribution in [0.5, 0.6) is 0 Å². The van der Waals surface area contributed by atoms with Gasteiger partial charge in [0.1, 0.15) is 11.9 Å². The van der Waals surface area contributed by atoms with Gasteiger partial charge in [0.2, 0.25) is 0 Å². The fourth-order valence-electron chi connectivity index (χ4n) is 3.02. The number of aromatic carboxylic acids is 1. The fourth-order valence-corrected chi connectivity index (χ4v) is 3.95. The van der Waals surface area contributed by atoms with Gasteiger partial charge in [-0.2, -0.15) is 0 Å². The summed E-state index contributed by atoms with van der Waals surface area (Å²) < 4.78 is 6.61. The normalized spacial score (nSPS) is 17.0. The van der Waals surface area contributed by atoms with Crippen LogP contribution in [0.1, 0.15) is 16.8 Å². The third-order valence-corrected chi connectivity index (χ3v) is 5.25. The first-order valence-corrected chi connectivity index (χ1v) is 8.76. The van der Waals surface area contributed by atoms with E-state index < -0.39 is 5.97 Å². The molecule has 1 atom stereocenters. The van der Waals surface area contributed by atoms with E-state index in [-0.39, 0.29) is 11.7 Å². The molecule has 1 aromatic carbocycles. The molecule has 126 valence electrons. The number of benzene rings is 1. The highest BCUT2D eigenvalue weighted by Crippen LogP contribution is 2.35. The number of allylic oxidation sites excluding steroid dienone is 2. The number of thiophene rings is 1. The molecule has 0 bridgehead atoms. The first kappa shape index (κ1) is 15.8. The summed E-state index contributed by atoms with van der Waals surface area (Å²) in [5.74, 6) is -0.237. The van der Waals surface area contributed by atoms with Crippen molar-refractivity contribution >= 4 is 44.1 Å². The Morgan fingerprint density at radius 1 is 1.36 bits per heavy atom. The van der Waals surface area contributed by atoms with Crippen LogP contribution < -0.4 is 5.32 Å². The van der Waals surface area contributed by atoms with Crippen LogP contribution in [0.15, 0.2) is 53.6 Å². The van der Waals surface area contributed by atoms with Gasteiger partial charge in [-0.15, -0.1) is 11.3 Å². The number of hydrogen-bond acceptors (Lipinski definition) is 5. The number of carboxylic acid groups (broad SMARTS) is 1. The summed E-state index contributed by atoms with van der Waals surface area (Å²) in [5, 5.41) is 16.6. The predicted molar refractivity (Wildman–Crippen MR) is 100 cm³/mol. The Hall–Kier alpha value is -2.70. The third-order valence-electron chi connectivity index (χ3n) is 4.30. The van der Waals surface area contributed by atoms with E-state index in [1.807, 2.05) is 29.7 Å². The van der Waals surface area contributed by atoms with Gasteiger partial charge in [-0.05, 0) is 36.1 Å². The van der Waals surface area contributed by atoms with Gasteiger partial charge in [0.25, 0.3) is 0 Å². The van der Waals surface area contributed by atoms with E-state index in [9.17, 15) is 9.90 Å². The molecule has 0 spiro atoms. The number of methoxy groups -OCH3 is 1. The van der Waals surface area contributed by atoms with Gasteiger partial charge in [-0.3, -0.25) is 0 Å². The standard InChI is InChI=1S/C19H16N2O3S/c1-24-16-5-3-2-4-14(16)20-18-13-8-9-25-17(13)12-7-6-11(19(22)23)10-15(12)21-18/h2-4,6-10,16H,5H2,1H3,(H,20,21)(H,22,23). The lowest BCUT2D eigenvalue weighted by Gasteiger charge is -2.21. The van der Waals surface area contributed by atoms with Crippen molar-refractivity contribution in [1.82, 2.24) is 4.98 Å². The number of anilines is 1. The van der Waals surface area contributed by atoms with Gasteiger partial charge >= 0.3 is 5.97 Å². The largest absolute Gasteiger partial charge is 0.478 e. The number of hydrogen-bond donors (Lipinski definition) is 2. The van der Waals surface area contributed by atoms with Crippen LogP contribution in [-0.4, -0.2) is 29.3 Å². The summed E-state index contributed by atoms with van der Waals surface area (Å²) in [7, 11) is 1.69. The van der Waals surface area contributed by atoms with Gasteiger partial charge in [-0.1, -0.05) is 18.2 Å². The van der Waals surface area contributed by atoms with Crippen molar-refractivity contribution in [3.63, 3.8) is 0 Å². The summed E-state index contributed by atoms with van der Waals surface area (Å²) in [6, 6.07) is 7.09. The van der Waals surface area contributed by atoms with Crippen molar-refractivity contribution in [2.45, 2.75) is 12.5 Å². The maximum absolute atomic E-state index is 11.3. The first-order valence-electron chi connectivity index (χ1n) is 7.88. The van der Waals surface area contributed by atoms with Crippen molar-refractivity contribution < 1.29 is 14.6 Å². The highest BCUT2D eigenvalue weighted by molar-refractivity contribution is 7.18. The second-order valence-electron chi connectivity index (χ2n) is 5.80. The van der Waals surface area contributed by atoms with E-state index in [1.165, 1.54) is 0 Å². The van der Waals surface area contributed by atoms with E-state index in [4.69, 9.17) is 9.72 Å². The number of aromatic nitrogens is 1. The lowest BCUT2D eigenvalue weighted by Crippen LogP contribution is -2.21. The number of nitrogens with one attached hydrogen (secondary N) is 1. The average Bonchev–Trinajstić information content (AvgIpc) is 3.12. The molecule has 1 aliphatic rings. The average molecular weight is 352 g/mol. The molecular formula is C19H16N2O3S. The Bertz CT molecular complexity index is 1040. The molecule has 3 aromatic rings. The highest BCUT2D eigenvalue weighted by Gasteiger charge is 2.18. The van der Waals surface area contributed by atoms with Gasteiger partial charge in [0.15, 0.2) is 0 Å². The van der Waals surface area contributed by atoms with Crippen molar-refractivity contribution in [2.75, 3.05) is 12.4 Å². The SMILES string of the molecule is COC1CC=CC=C1Nc1nc2cc(C(=O)O)ccc2c2sccc12. The van der Waals surface area contributed by atoms with Crippen LogP contribution in [-0.2, 0) is 4.74 Å². The zero-order valence-electron chi connectivity index (χ0n) is 13.5. The van der Waals surface area contributed by atoms with Gasteiger partial charge in [0, 0.05) is 28.3 Å². The minimum Gasteiger partial charge on any atom is -0.478 e. The molecule has 0 radical (unpaired) electrons. The fraction of sp³-hybridized carbons (Fsp3) is 0.158. The number of nitrogens with zero attached hydrogens (tertiary/aromatic N) is 1. The third kappa shape index (κ3) is 2.79. The summed E-state index contributed by atoms with van der Waals surface area (Å²) in [6.07, 6.45) is 6.80. The molecular weight excluding hydrogens is 336 g/mol. The zero-order valence-corrected chi connectivity index (χ0v) is 14.3. The van der Waals surface area contributed by atoms with E-state index in [0.717, 1.165) is 33.4 Å². The Morgan fingerprint density at radius 2 is 2.24 bits per heavy atom. The number of rotatable bonds is 4. The Kier molecular flexibility index (Phi) is 3.99. The zero-order chi connectivity index (χ0) is 17.4. The lowest BCUT2D eigenvalue weighted by molar-refractivity contribution is 0.0697. The van der Waals surface area contributed by atoms with Crippen LogP contribution in [0.4, 0.5) is 5.82 Å². The number of carboxylic acids is 1. The van der Waals surface area contributed by atoms with Crippen LogP contribution >= 0.6 is 11.3 Å². The van der Waals surface area contributed by atoms with Crippen molar-refractivity contribution in [2.24, 2.45) is 0 Å². The van der Waals surface area contributed by atoms with E-state index in [2.05, 4.69) is 11.4 Å². The molecule has 0 fully saturated rings. The topological polar surface area (TPSA) is 71.5 Å². The molecule has 25 heavy (non-hydrogen) atoms. The second kappa shape index (κ2) is 6.31. The van der Waals surface area contributed by atoms with E-state index in [1.54, 1.807) is 30.6 Å². The number of carbonyl (C=O) groups is 1. The van der Waals surface area contributed by atoms with Crippen molar-refractivity contribution in [1.29, 1.82) is 0 Å². The Labute approximate surface area is 148 Å². The summed E-state index contributed by atoms with van der Waals surface area (Å²) >= 11 is 1.62. The lowest BCUT2D eigenvalue weighted by atomic mass is 10.1. The predicted octanol–water partition coefficient (Wildman–Crippen LogP) is 4.42. The quantitative estimate of drug-likeness (QED) is 0.727. The van der Waals surface area contributed by atoms with Gasteiger partial charge < -0.3 is 15.2 Å². The number of ether oxygens (including phenoxy) is 1. The van der Waals surface area contributed by atoms with Gasteiger partial charge in [-0.25, -0.2) is 9.78 Å². The summed E-state index contributed by atoms with van der Waals surface area (Å²) in [5.41, 5.74) is 1.84. The molecule has 2 heterocycles. The molecule has 1 unspecified atom stereocenters. The minimum atomic E-state index is -0.955. The molecule has 5 nitrogen and oxygen atoms in total. The molecule has 4 rings (SSSR count). The number of pyridine rings is 1. The van der Waals surface area contributed by atoms with Crippen molar-refractivity contribution in [3.05, 3.63) is 59.1 Å². The smallest absolute Gasteiger partial charge is 0.335 e. The van der Waals surface area contributed by atoms with Crippen molar-refractivity contribution in [3.8, 4) is 0 Å². The Morgan fingerprint density at radius 3 is 3.04 bits per heavy atom. The molecule has 1 aliphatic carbocycles. The van der Waals surface area contributed by atoms with Crippen LogP contribution in [0.25, 0.3) is 21.0 Å². The molecule has 2 N–H and O–H groups in total. The number of fused-ring (bicyclic) bond motifs is 3. The van der Waals surface area contributed by atoms with E-state index in [0.29, 0.717) is 5.52 Å². The molecule has 2 aromatic heterocycles. The highest BCUT2D eigenvalue weighted by atomic mass is 32.1. The van der Waals surface area contributed by atoms with Crippen LogP contribution in [0, 0.1) is 0 Å². The van der Waals surface area contributed by atoms with Crippen LogP contribution in [0.2, 0.25) is 0 Å². The maximum Gasteiger partial charge on any atom is 0.335 e. The van der Waals surface area contributed by atoms with Crippen LogP contribution in [0.3, 0.4) is 0 Å². The molecule has 0 saturated carbocycles. The molecule has 0 aliphatic heterocycles. The van der Waals surface area contributed by atoms with Gasteiger partial charge in [0.05, 0.1) is 11.1 Å².